The third-order valence-electron chi connectivity index (χ3n) is 6.49. The maximum Gasteiger partial charge on any atom is 0.279 e. The summed E-state index contributed by atoms with van der Waals surface area (Å²) in [5.41, 5.74) is 1.41. The Kier molecular flexibility index (Phi) is 5.82. The molecular formula is C20H30N6O3S. The maximum absolute atomic E-state index is 13.0. The molecule has 0 bridgehead atoms. The molecule has 1 aliphatic heterocycles. The number of piperidine rings is 1. The van der Waals surface area contributed by atoms with Gasteiger partial charge in [-0.25, -0.2) is 9.71 Å². The van der Waals surface area contributed by atoms with Gasteiger partial charge in [0, 0.05) is 49.4 Å². The van der Waals surface area contributed by atoms with Gasteiger partial charge in [-0.1, -0.05) is 13.3 Å². The van der Waals surface area contributed by atoms with Crippen molar-refractivity contribution in [1.29, 1.82) is 0 Å². The topological polar surface area (TPSA) is 109 Å². The van der Waals surface area contributed by atoms with Gasteiger partial charge in [-0.05, 0) is 44.6 Å². The van der Waals surface area contributed by atoms with Crippen molar-refractivity contribution < 1.29 is 8.42 Å². The van der Waals surface area contributed by atoms with Crippen molar-refractivity contribution >= 4 is 27.2 Å². The van der Waals surface area contributed by atoms with Gasteiger partial charge in [-0.2, -0.15) is 17.7 Å². The van der Waals surface area contributed by atoms with Gasteiger partial charge in [0.05, 0.1) is 0 Å². The summed E-state index contributed by atoms with van der Waals surface area (Å²) in [5, 5.41) is 4.21. The molecule has 10 heteroatoms. The second kappa shape index (κ2) is 8.24. The lowest BCUT2D eigenvalue weighted by Crippen LogP contribution is -2.46. The Morgan fingerprint density at radius 3 is 2.53 bits per heavy atom. The van der Waals surface area contributed by atoms with Crippen LogP contribution in [0.3, 0.4) is 0 Å². The van der Waals surface area contributed by atoms with Crippen LogP contribution >= 0.6 is 0 Å². The minimum atomic E-state index is -3.39. The summed E-state index contributed by atoms with van der Waals surface area (Å²) >= 11 is 0. The first-order valence-corrected chi connectivity index (χ1v) is 12.1. The third-order valence-corrected chi connectivity index (χ3v) is 8.05. The molecule has 2 aromatic heterocycles. The molecule has 0 unspecified atom stereocenters. The summed E-state index contributed by atoms with van der Waals surface area (Å²) in [6, 6.07) is 2.11. The SMILES string of the molecule is CNS(=O)(=O)N1CCC(Nc2ncc3cc(C)c(=O)n([C@@H]4CCC[C@@H]4C)c3n2)CC1. The fourth-order valence-electron chi connectivity index (χ4n) is 4.70. The highest BCUT2D eigenvalue weighted by Crippen LogP contribution is 2.36. The zero-order chi connectivity index (χ0) is 21.5. The molecule has 2 aliphatic rings. The number of aryl methyl sites for hydroxylation is 1. The molecule has 0 radical (unpaired) electrons. The van der Waals surface area contributed by atoms with E-state index in [1.54, 1.807) is 6.20 Å². The van der Waals surface area contributed by atoms with Crippen LogP contribution < -0.4 is 15.6 Å². The van der Waals surface area contributed by atoms with Gasteiger partial charge in [-0.15, -0.1) is 0 Å². The smallest absolute Gasteiger partial charge is 0.279 e. The number of anilines is 1. The highest BCUT2D eigenvalue weighted by atomic mass is 32.2. The van der Waals surface area contributed by atoms with Crippen molar-refractivity contribution in [3.8, 4) is 0 Å². The van der Waals surface area contributed by atoms with E-state index < -0.39 is 10.2 Å². The van der Waals surface area contributed by atoms with Crippen LogP contribution in [0.15, 0.2) is 17.1 Å². The lowest BCUT2D eigenvalue weighted by atomic mass is 10.1. The molecule has 9 nitrogen and oxygen atoms in total. The molecule has 30 heavy (non-hydrogen) atoms. The standard InChI is InChI=1S/C20H30N6O3S/c1-13-5-4-6-17(13)26-18-15(11-14(2)19(26)27)12-22-20(24-18)23-16-7-9-25(10-8-16)30(28,29)21-3/h11-13,16-17,21H,4-10H2,1-3H3,(H,22,23,24)/t13-,17+/m0/s1. The van der Waals surface area contributed by atoms with Crippen molar-refractivity contribution in [2.45, 2.75) is 58.0 Å². The minimum absolute atomic E-state index is 0.0245. The van der Waals surface area contributed by atoms with Crippen LogP contribution in [0, 0.1) is 12.8 Å². The fourth-order valence-corrected chi connectivity index (χ4v) is 5.65. The average Bonchev–Trinajstić information content (AvgIpc) is 3.15. The Morgan fingerprint density at radius 2 is 1.90 bits per heavy atom. The first-order chi connectivity index (χ1) is 14.3. The van der Waals surface area contributed by atoms with Crippen LogP contribution in [0.25, 0.3) is 11.0 Å². The number of nitrogens with zero attached hydrogens (tertiary/aromatic N) is 4. The molecule has 2 atom stereocenters. The number of hydrogen-bond acceptors (Lipinski definition) is 6. The molecule has 0 spiro atoms. The molecule has 164 valence electrons. The molecule has 2 fully saturated rings. The van der Waals surface area contributed by atoms with E-state index in [2.05, 4.69) is 21.9 Å². The Balaban J connectivity index is 1.59. The van der Waals surface area contributed by atoms with Gasteiger partial charge in [0.15, 0.2) is 0 Å². The minimum Gasteiger partial charge on any atom is -0.351 e. The summed E-state index contributed by atoms with van der Waals surface area (Å²) in [6.07, 6.45) is 6.35. The van der Waals surface area contributed by atoms with E-state index in [1.807, 2.05) is 17.6 Å². The van der Waals surface area contributed by atoms with Gasteiger partial charge < -0.3 is 5.32 Å². The van der Waals surface area contributed by atoms with Crippen LogP contribution in [0.1, 0.15) is 50.6 Å². The molecule has 1 aliphatic carbocycles. The van der Waals surface area contributed by atoms with E-state index >= 15 is 0 Å². The summed E-state index contributed by atoms with van der Waals surface area (Å²) in [4.78, 5) is 22.2. The lowest BCUT2D eigenvalue weighted by Gasteiger charge is -2.31. The van der Waals surface area contributed by atoms with E-state index in [4.69, 9.17) is 4.98 Å². The van der Waals surface area contributed by atoms with Crippen LogP contribution in [0.4, 0.5) is 5.95 Å². The molecule has 2 aromatic rings. The number of fused-ring (bicyclic) bond motifs is 1. The Labute approximate surface area is 177 Å². The van der Waals surface area contributed by atoms with E-state index in [9.17, 15) is 13.2 Å². The highest BCUT2D eigenvalue weighted by Gasteiger charge is 2.29. The predicted molar refractivity (Wildman–Crippen MR) is 117 cm³/mol. The first kappa shape index (κ1) is 21.2. The normalized spacial score (nSPS) is 23.8. The molecule has 0 aromatic carbocycles. The summed E-state index contributed by atoms with van der Waals surface area (Å²) in [7, 11) is -1.96. The number of aromatic nitrogens is 3. The lowest BCUT2D eigenvalue weighted by molar-refractivity contribution is 0.326. The number of hydrogen-bond donors (Lipinski definition) is 2. The highest BCUT2D eigenvalue weighted by molar-refractivity contribution is 7.87. The van der Waals surface area contributed by atoms with Crippen molar-refractivity contribution in [2.75, 3.05) is 25.5 Å². The second-order valence-electron chi connectivity index (χ2n) is 8.48. The number of nitrogens with one attached hydrogen (secondary N) is 2. The van der Waals surface area contributed by atoms with Gasteiger partial charge in [0.2, 0.25) is 5.95 Å². The fraction of sp³-hybridized carbons (Fsp3) is 0.650. The number of rotatable bonds is 5. The summed E-state index contributed by atoms with van der Waals surface area (Å²) in [6.45, 7) is 4.93. The molecule has 2 N–H and O–H groups in total. The van der Waals surface area contributed by atoms with Crippen molar-refractivity contribution in [1.82, 2.24) is 23.6 Å². The third kappa shape index (κ3) is 3.95. The average molecular weight is 435 g/mol. The zero-order valence-electron chi connectivity index (χ0n) is 17.8. The molecule has 4 rings (SSSR count). The van der Waals surface area contributed by atoms with Gasteiger partial charge in [0.25, 0.3) is 15.8 Å². The van der Waals surface area contributed by atoms with Crippen molar-refractivity contribution in [2.24, 2.45) is 5.92 Å². The van der Waals surface area contributed by atoms with Gasteiger partial charge in [-0.3, -0.25) is 9.36 Å². The Bertz CT molecular complexity index is 1090. The maximum atomic E-state index is 13.0. The predicted octanol–water partition coefficient (Wildman–Crippen LogP) is 1.80. The van der Waals surface area contributed by atoms with Crippen LogP contribution in [-0.2, 0) is 10.2 Å². The zero-order valence-corrected chi connectivity index (χ0v) is 18.6. The van der Waals surface area contributed by atoms with Crippen molar-refractivity contribution in [3.05, 3.63) is 28.2 Å². The summed E-state index contributed by atoms with van der Waals surface area (Å²) in [5.74, 6) is 0.928. The van der Waals surface area contributed by atoms with Crippen LogP contribution in [-0.4, -0.2) is 53.4 Å². The molecule has 1 saturated carbocycles. The summed E-state index contributed by atoms with van der Waals surface area (Å²) < 4.78 is 29.6. The van der Waals surface area contributed by atoms with E-state index in [1.165, 1.54) is 11.4 Å². The molecule has 1 saturated heterocycles. The molecular weight excluding hydrogens is 404 g/mol. The molecule has 0 amide bonds. The van der Waals surface area contributed by atoms with Gasteiger partial charge in [0.1, 0.15) is 5.65 Å². The van der Waals surface area contributed by atoms with E-state index in [0.29, 0.717) is 49.0 Å². The number of pyridine rings is 1. The van der Waals surface area contributed by atoms with Crippen LogP contribution in [0.5, 0.6) is 0 Å². The monoisotopic (exact) mass is 434 g/mol. The quantitative estimate of drug-likeness (QED) is 0.743. The molecule has 3 heterocycles. The second-order valence-corrected chi connectivity index (χ2v) is 10.4. The van der Waals surface area contributed by atoms with Gasteiger partial charge >= 0.3 is 0 Å². The van der Waals surface area contributed by atoms with E-state index in [0.717, 1.165) is 24.6 Å². The van der Waals surface area contributed by atoms with Crippen LogP contribution in [0.2, 0.25) is 0 Å². The Morgan fingerprint density at radius 1 is 1.17 bits per heavy atom. The van der Waals surface area contributed by atoms with Crippen molar-refractivity contribution in [3.63, 3.8) is 0 Å². The Hall–Kier alpha value is -2.04. The van der Waals surface area contributed by atoms with E-state index in [-0.39, 0.29) is 17.6 Å². The largest absolute Gasteiger partial charge is 0.351 e. The first-order valence-electron chi connectivity index (χ1n) is 10.6.